The molecule has 7 aromatic carbocycles. The van der Waals surface area contributed by atoms with Crippen LogP contribution in [0.5, 0.6) is 0 Å². The van der Waals surface area contributed by atoms with E-state index in [1.54, 1.807) is 23.1 Å². The Morgan fingerprint density at radius 3 is 1.52 bits per heavy atom. The molecule has 0 atom stereocenters. The van der Waals surface area contributed by atoms with Gasteiger partial charge in [0.1, 0.15) is 5.82 Å². The number of rotatable bonds is 4. The van der Waals surface area contributed by atoms with E-state index in [1.807, 2.05) is 63.2 Å². The van der Waals surface area contributed by atoms with Crippen molar-refractivity contribution in [3.05, 3.63) is 192 Å². The fourth-order valence-corrected chi connectivity index (χ4v) is 8.53. The molecule has 0 radical (unpaired) electrons. The lowest BCUT2D eigenvalue weighted by atomic mass is 9.70. The molecule has 0 bridgehead atoms. The van der Waals surface area contributed by atoms with E-state index >= 15 is 8.78 Å². The Morgan fingerprint density at radius 2 is 0.920 bits per heavy atom. The van der Waals surface area contributed by atoms with Gasteiger partial charge in [-0.15, -0.1) is 0 Å². The topological polar surface area (TPSA) is 3.24 Å². The van der Waals surface area contributed by atoms with Crippen molar-refractivity contribution in [2.75, 3.05) is 4.90 Å². The van der Waals surface area contributed by atoms with Crippen LogP contribution in [0.25, 0.3) is 44.5 Å². The summed E-state index contributed by atoms with van der Waals surface area (Å²) in [5, 5.41) is 0. The Kier molecular flexibility index (Phi) is 6.73. The van der Waals surface area contributed by atoms with Gasteiger partial charge in [-0.3, -0.25) is 0 Å². The highest BCUT2D eigenvalue weighted by atomic mass is 19.1. The molecule has 2 aliphatic rings. The van der Waals surface area contributed by atoms with Crippen LogP contribution in [0.15, 0.2) is 158 Å². The van der Waals surface area contributed by atoms with Gasteiger partial charge in [-0.05, 0) is 112 Å². The molecule has 9 rings (SSSR count). The Labute approximate surface area is 292 Å². The summed E-state index contributed by atoms with van der Waals surface area (Å²) in [4.78, 5) is 1.79. The van der Waals surface area contributed by atoms with Crippen LogP contribution in [0.1, 0.15) is 43.0 Å². The number of halogens is 2. The molecule has 0 fully saturated rings. The molecule has 2 aliphatic carbocycles. The molecule has 0 aliphatic heterocycles. The average Bonchev–Trinajstić information content (AvgIpc) is 3.60. The van der Waals surface area contributed by atoms with Crippen molar-refractivity contribution in [2.45, 2.75) is 31.7 Å². The number of hydrogen-bond acceptors (Lipinski definition) is 1. The quantitative estimate of drug-likeness (QED) is 0.183. The SMILES string of the molecule is CC(C)(C)N(c1ccccc1F)c1cc(-c2ccc3c(c2)-c2ccccc2C32c3ccccc3-c3ccccc32)cc(-c2ccccc2)c1F. The first-order valence-electron chi connectivity index (χ1n) is 17.2. The Hall–Kier alpha value is -5.80. The first kappa shape index (κ1) is 30.3. The lowest BCUT2D eigenvalue weighted by molar-refractivity contribution is 0.527. The van der Waals surface area contributed by atoms with E-state index in [2.05, 4.69) is 91.0 Å². The zero-order chi connectivity index (χ0) is 34.2. The summed E-state index contributed by atoms with van der Waals surface area (Å²) in [7, 11) is 0. The predicted octanol–water partition coefficient (Wildman–Crippen LogP) is 12.6. The second kappa shape index (κ2) is 11.1. The van der Waals surface area contributed by atoms with Crippen LogP contribution in [0, 0.1) is 11.6 Å². The molecule has 0 amide bonds. The second-order valence-corrected chi connectivity index (χ2v) is 14.3. The van der Waals surface area contributed by atoms with Crippen molar-refractivity contribution in [3.8, 4) is 44.5 Å². The first-order chi connectivity index (χ1) is 24.3. The third-order valence-electron chi connectivity index (χ3n) is 10.5. The lowest BCUT2D eigenvalue weighted by Gasteiger charge is -2.38. The standard InChI is InChI=1S/C47H35F2N/c1-46(2,3)50(43-24-14-13-23-42(43)48)44-29-32(28-36(45(44)49)30-15-5-4-6-16-30)31-25-26-41-37(27-31)35-19-9-12-22-40(35)47(41)38-20-10-7-17-33(38)34-18-8-11-21-39(34)47/h4-29H,1-3H3. The van der Waals surface area contributed by atoms with Crippen LogP contribution in [-0.2, 0) is 5.41 Å². The zero-order valence-corrected chi connectivity index (χ0v) is 28.2. The van der Waals surface area contributed by atoms with Crippen molar-refractivity contribution in [2.24, 2.45) is 0 Å². The van der Waals surface area contributed by atoms with Crippen LogP contribution in [0.4, 0.5) is 20.2 Å². The molecular formula is C47H35F2N. The first-order valence-corrected chi connectivity index (χ1v) is 17.2. The maximum Gasteiger partial charge on any atom is 0.154 e. The van der Waals surface area contributed by atoms with E-state index in [0.29, 0.717) is 16.9 Å². The molecule has 1 spiro atoms. The second-order valence-electron chi connectivity index (χ2n) is 14.3. The van der Waals surface area contributed by atoms with Crippen LogP contribution in [0.3, 0.4) is 0 Å². The normalized spacial score (nSPS) is 13.5. The van der Waals surface area contributed by atoms with Gasteiger partial charge in [0.25, 0.3) is 0 Å². The van der Waals surface area contributed by atoms with Crippen molar-refractivity contribution < 1.29 is 8.78 Å². The van der Waals surface area contributed by atoms with Crippen LogP contribution in [-0.4, -0.2) is 5.54 Å². The maximum absolute atomic E-state index is 17.0. The summed E-state index contributed by atoms with van der Waals surface area (Å²) in [5.41, 5.74) is 12.6. The van der Waals surface area contributed by atoms with Crippen LogP contribution < -0.4 is 4.90 Å². The molecule has 3 heteroatoms. The molecular weight excluding hydrogens is 617 g/mol. The highest BCUT2D eigenvalue weighted by Crippen LogP contribution is 2.63. The summed E-state index contributed by atoms with van der Waals surface area (Å²) in [6, 6.07) is 53.1. The zero-order valence-electron chi connectivity index (χ0n) is 28.2. The van der Waals surface area contributed by atoms with E-state index < -0.39 is 16.8 Å². The minimum Gasteiger partial charge on any atom is -0.331 e. The number of para-hydroxylation sites is 1. The largest absolute Gasteiger partial charge is 0.331 e. The molecule has 0 N–H and O–H groups in total. The highest BCUT2D eigenvalue weighted by molar-refractivity contribution is 5.96. The molecule has 0 saturated carbocycles. The highest BCUT2D eigenvalue weighted by Gasteiger charge is 2.51. The number of benzene rings is 7. The minimum absolute atomic E-state index is 0.329. The van der Waals surface area contributed by atoms with E-state index in [1.165, 1.54) is 50.6 Å². The fourth-order valence-electron chi connectivity index (χ4n) is 8.53. The van der Waals surface area contributed by atoms with Crippen molar-refractivity contribution in [3.63, 3.8) is 0 Å². The average molecular weight is 652 g/mol. The van der Waals surface area contributed by atoms with Crippen molar-refractivity contribution in [1.82, 2.24) is 0 Å². The molecule has 7 aromatic rings. The molecule has 50 heavy (non-hydrogen) atoms. The van der Waals surface area contributed by atoms with Gasteiger partial charge in [0, 0.05) is 11.1 Å². The smallest absolute Gasteiger partial charge is 0.154 e. The third-order valence-corrected chi connectivity index (χ3v) is 10.5. The van der Waals surface area contributed by atoms with Gasteiger partial charge < -0.3 is 4.90 Å². The van der Waals surface area contributed by atoms with Gasteiger partial charge in [0.05, 0.1) is 16.8 Å². The summed E-state index contributed by atoms with van der Waals surface area (Å²) < 4.78 is 32.5. The van der Waals surface area contributed by atoms with Crippen LogP contribution in [0.2, 0.25) is 0 Å². The summed E-state index contributed by atoms with van der Waals surface area (Å²) in [6.07, 6.45) is 0. The van der Waals surface area contributed by atoms with Crippen molar-refractivity contribution >= 4 is 11.4 Å². The monoisotopic (exact) mass is 651 g/mol. The van der Waals surface area contributed by atoms with Gasteiger partial charge in [-0.1, -0.05) is 127 Å². The number of anilines is 2. The van der Waals surface area contributed by atoms with Gasteiger partial charge in [0.2, 0.25) is 0 Å². The summed E-state index contributed by atoms with van der Waals surface area (Å²) in [5.74, 6) is -0.784. The van der Waals surface area contributed by atoms with E-state index in [9.17, 15) is 0 Å². The van der Waals surface area contributed by atoms with E-state index in [4.69, 9.17) is 0 Å². The minimum atomic E-state index is -0.637. The van der Waals surface area contributed by atoms with E-state index in [0.717, 1.165) is 16.7 Å². The van der Waals surface area contributed by atoms with Gasteiger partial charge >= 0.3 is 0 Å². The van der Waals surface area contributed by atoms with Gasteiger partial charge in [-0.2, -0.15) is 0 Å². The summed E-state index contributed by atoms with van der Waals surface area (Å²) in [6.45, 7) is 5.95. The predicted molar refractivity (Wildman–Crippen MR) is 202 cm³/mol. The molecule has 0 aromatic heterocycles. The third kappa shape index (κ3) is 4.29. The van der Waals surface area contributed by atoms with Crippen LogP contribution >= 0.6 is 0 Å². The van der Waals surface area contributed by atoms with Crippen molar-refractivity contribution in [1.29, 1.82) is 0 Å². The summed E-state index contributed by atoms with van der Waals surface area (Å²) >= 11 is 0. The van der Waals surface area contributed by atoms with Gasteiger partial charge in [0.15, 0.2) is 5.82 Å². The maximum atomic E-state index is 17.0. The lowest BCUT2D eigenvalue weighted by Crippen LogP contribution is -2.38. The molecule has 0 unspecified atom stereocenters. The number of fused-ring (bicyclic) bond motifs is 10. The Balaban J connectivity index is 1.31. The molecule has 0 heterocycles. The molecule has 242 valence electrons. The number of hydrogen-bond donors (Lipinski definition) is 0. The number of nitrogens with zero attached hydrogens (tertiary/aromatic N) is 1. The molecule has 1 nitrogen and oxygen atoms in total. The van der Waals surface area contributed by atoms with E-state index in [-0.39, 0.29) is 5.82 Å². The molecule has 0 saturated heterocycles. The Morgan fingerprint density at radius 1 is 0.420 bits per heavy atom. The Bertz CT molecular complexity index is 2410. The fraction of sp³-hybridized carbons (Fsp3) is 0.106. The van der Waals surface area contributed by atoms with Gasteiger partial charge in [-0.25, -0.2) is 8.78 Å².